The molecule has 6 heteroatoms. The maximum Gasteiger partial charge on any atom is 0.347 e. The zero-order chi connectivity index (χ0) is 30.9. The topological polar surface area (TPSA) is 71.1 Å². The van der Waals surface area contributed by atoms with Crippen LogP contribution < -0.4 is 14.2 Å². The normalized spacial score (nSPS) is 11.7. The summed E-state index contributed by atoms with van der Waals surface area (Å²) >= 11 is 0. The smallest absolute Gasteiger partial charge is 0.347 e. The number of carbonyl (C=O) groups excluding carboxylic acids is 2. The molecule has 0 spiro atoms. The minimum Gasteiger partial charge on any atom is -0.494 e. The van der Waals surface area contributed by atoms with Crippen molar-refractivity contribution < 1.29 is 28.5 Å². The van der Waals surface area contributed by atoms with Crippen LogP contribution in [0.25, 0.3) is 11.1 Å². The maximum absolute atomic E-state index is 12.7. The number of unbranched alkanes of at least 4 members (excludes halogenated alkanes) is 7. The van der Waals surface area contributed by atoms with Gasteiger partial charge in [0.25, 0.3) is 0 Å². The van der Waals surface area contributed by atoms with Crippen molar-refractivity contribution >= 4 is 11.9 Å². The summed E-state index contributed by atoms with van der Waals surface area (Å²) in [5, 5.41) is 0. The molecule has 0 fully saturated rings. The molecule has 6 nitrogen and oxygen atoms in total. The van der Waals surface area contributed by atoms with Gasteiger partial charge in [-0.25, -0.2) is 9.59 Å². The molecular formula is C37H48O6. The summed E-state index contributed by atoms with van der Waals surface area (Å²) in [5.41, 5.74) is 2.50. The van der Waals surface area contributed by atoms with Crippen molar-refractivity contribution in [2.75, 3.05) is 6.61 Å². The van der Waals surface area contributed by atoms with Gasteiger partial charge in [-0.3, -0.25) is 0 Å². The lowest BCUT2D eigenvalue weighted by Gasteiger charge is -2.18. The van der Waals surface area contributed by atoms with E-state index in [1.165, 1.54) is 44.9 Å². The lowest BCUT2D eigenvalue weighted by Crippen LogP contribution is -2.29. The monoisotopic (exact) mass is 588 g/mol. The van der Waals surface area contributed by atoms with E-state index in [2.05, 4.69) is 6.92 Å². The van der Waals surface area contributed by atoms with Gasteiger partial charge in [-0.2, -0.15) is 0 Å². The lowest BCUT2D eigenvalue weighted by atomic mass is 10.0. The second-order valence-electron chi connectivity index (χ2n) is 10.9. The second-order valence-corrected chi connectivity index (χ2v) is 10.9. The van der Waals surface area contributed by atoms with Crippen molar-refractivity contribution in [3.8, 4) is 28.4 Å². The number of benzene rings is 3. The number of ether oxygens (including phenoxy) is 4. The van der Waals surface area contributed by atoms with E-state index in [9.17, 15) is 9.59 Å². The van der Waals surface area contributed by atoms with E-state index in [1.54, 1.807) is 43.3 Å². The Kier molecular flexibility index (Phi) is 14.6. The molecule has 0 unspecified atom stereocenters. The minimum atomic E-state index is -0.740. The van der Waals surface area contributed by atoms with Gasteiger partial charge in [0.15, 0.2) is 6.10 Å². The fourth-order valence-electron chi connectivity index (χ4n) is 4.69. The molecule has 0 saturated carbocycles. The second kappa shape index (κ2) is 18.7. The predicted molar refractivity (Wildman–Crippen MR) is 172 cm³/mol. The molecule has 0 aliphatic rings. The summed E-state index contributed by atoms with van der Waals surface area (Å²) in [6.07, 6.45) is 10.9. The lowest BCUT2D eigenvalue weighted by molar-refractivity contribution is -0.157. The molecule has 0 aliphatic carbocycles. The zero-order valence-corrected chi connectivity index (χ0v) is 26.3. The Balaban J connectivity index is 1.42. The quantitative estimate of drug-likeness (QED) is 0.0789. The first-order valence-corrected chi connectivity index (χ1v) is 16.0. The van der Waals surface area contributed by atoms with Gasteiger partial charge >= 0.3 is 11.9 Å². The van der Waals surface area contributed by atoms with Gasteiger partial charge in [0.05, 0.1) is 12.2 Å². The average Bonchev–Trinajstić information content (AvgIpc) is 3.04. The summed E-state index contributed by atoms with van der Waals surface area (Å²) in [6.45, 7) is 8.61. The average molecular weight is 589 g/mol. The third-order valence-electron chi connectivity index (χ3n) is 7.45. The molecule has 0 amide bonds. The van der Waals surface area contributed by atoms with Crippen molar-refractivity contribution in [3.05, 3.63) is 78.4 Å². The summed E-state index contributed by atoms with van der Waals surface area (Å²) in [5.74, 6) is 0.899. The van der Waals surface area contributed by atoms with Crippen molar-refractivity contribution in [1.29, 1.82) is 0 Å². The Morgan fingerprint density at radius 1 is 0.628 bits per heavy atom. The van der Waals surface area contributed by atoms with Crippen LogP contribution in [0.1, 0.15) is 102 Å². The summed E-state index contributed by atoms with van der Waals surface area (Å²) in [6, 6.07) is 22.0. The van der Waals surface area contributed by atoms with Gasteiger partial charge in [0.2, 0.25) is 0 Å². The molecule has 0 heterocycles. The molecule has 0 bridgehead atoms. The molecule has 0 aliphatic heterocycles. The number of hydrogen-bond acceptors (Lipinski definition) is 6. The third-order valence-corrected chi connectivity index (χ3v) is 7.45. The molecule has 3 aromatic rings. The Hall–Kier alpha value is -3.80. The number of carbonyl (C=O) groups is 2. The van der Waals surface area contributed by atoms with Crippen LogP contribution in [0, 0.1) is 0 Å². The maximum atomic E-state index is 12.7. The van der Waals surface area contributed by atoms with Crippen molar-refractivity contribution in [2.24, 2.45) is 0 Å². The van der Waals surface area contributed by atoms with Gasteiger partial charge in [-0.05, 0) is 85.8 Å². The van der Waals surface area contributed by atoms with Gasteiger partial charge in [-0.1, -0.05) is 90.0 Å². The van der Waals surface area contributed by atoms with Crippen LogP contribution in [0.5, 0.6) is 17.2 Å². The predicted octanol–water partition coefficient (Wildman–Crippen LogP) is 9.59. The Morgan fingerprint density at radius 3 is 1.72 bits per heavy atom. The van der Waals surface area contributed by atoms with Crippen LogP contribution in [-0.4, -0.2) is 30.8 Å². The van der Waals surface area contributed by atoms with E-state index < -0.39 is 18.0 Å². The van der Waals surface area contributed by atoms with Crippen LogP contribution in [0.2, 0.25) is 0 Å². The highest BCUT2D eigenvalue weighted by atomic mass is 16.6. The Morgan fingerprint density at radius 2 is 1.14 bits per heavy atom. The van der Waals surface area contributed by atoms with Crippen molar-refractivity contribution in [2.45, 2.75) is 104 Å². The van der Waals surface area contributed by atoms with Crippen molar-refractivity contribution in [3.63, 3.8) is 0 Å². The standard InChI is InChI=1S/C37H48O6/c1-5-8-9-10-11-12-13-14-27-40-33-21-19-30(20-22-33)29-15-17-31(18-16-29)37(39)43-35-25-23-34(24-26-35)41-28(4)36(38)42-32(6-2)7-3/h15-26,28,32H,5-14,27H2,1-4H3/t28-/m1/s1. The van der Waals surface area contributed by atoms with E-state index in [1.807, 2.05) is 50.2 Å². The Bertz CT molecular complexity index is 1210. The molecule has 232 valence electrons. The minimum absolute atomic E-state index is 0.108. The molecule has 43 heavy (non-hydrogen) atoms. The summed E-state index contributed by atoms with van der Waals surface area (Å²) < 4.78 is 22.6. The number of esters is 2. The van der Waals surface area contributed by atoms with Gasteiger partial charge in [0, 0.05) is 0 Å². The van der Waals surface area contributed by atoms with E-state index in [4.69, 9.17) is 18.9 Å². The molecule has 0 saturated heterocycles. The summed E-state index contributed by atoms with van der Waals surface area (Å²) in [7, 11) is 0. The molecule has 3 rings (SSSR count). The number of rotatable bonds is 19. The van der Waals surface area contributed by atoms with E-state index in [0.717, 1.165) is 42.7 Å². The highest BCUT2D eigenvalue weighted by Crippen LogP contribution is 2.25. The molecule has 0 aromatic heterocycles. The first-order valence-electron chi connectivity index (χ1n) is 16.0. The van der Waals surface area contributed by atoms with Crippen LogP contribution in [0.3, 0.4) is 0 Å². The van der Waals surface area contributed by atoms with Gasteiger partial charge in [-0.15, -0.1) is 0 Å². The van der Waals surface area contributed by atoms with Crippen LogP contribution in [0.4, 0.5) is 0 Å². The van der Waals surface area contributed by atoms with Crippen molar-refractivity contribution in [1.82, 2.24) is 0 Å². The SMILES string of the molecule is CCCCCCCCCCOc1ccc(-c2ccc(C(=O)Oc3ccc(O[C@H](C)C(=O)OC(CC)CC)cc3)cc2)cc1. The Labute approximate surface area is 257 Å². The first-order chi connectivity index (χ1) is 20.9. The van der Waals surface area contributed by atoms with Crippen LogP contribution >= 0.6 is 0 Å². The fourth-order valence-corrected chi connectivity index (χ4v) is 4.69. The summed E-state index contributed by atoms with van der Waals surface area (Å²) in [4.78, 5) is 25.0. The van der Waals surface area contributed by atoms with E-state index in [0.29, 0.717) is 17.1 Å². The fraction of sp³-hybridized carbons (Fsp3) is 0.459. The highest BCUT2D eigenvalue weighted by molar-refractivity contribution is 5.91. The van der Waals surface area contributed by atoms with Crippen LogP contribution in [0.15, 0.2) is 72.8 Å². The molecular weight excluding hydrogens is 540 g/mol. The first kappa shape index (κ1) is 33.7. The van der Waals surface area contributed by atoms with Crippen LogP contribution in [-0.2, 0) is 9.53 Å². The molecule has 1 atom stereocenters. The van der Waals surface area contributed by atoms with E-state index >= 15 is 0 Å². The number of hydrogen-bond donors (Lipinski definition) is 0. The highest BCUT2D eigenvalue weighted by Gasteiger charge is 2.20. The molecule has 0 radical (unpaired) electrons. The van der Waals surface area contributed by atoms with Gasteiger partial charge < -0.3 is 18.9 Å². The third kappa shape index (κ3) is 11.8. The van der Waals surface area contributed by atoms with Gasteiger partial charge in [0.1, 0.15) is 23.4 Å². The molecule has 0 N–H and O–H groups in total. The molecule has 3 aromatic carbocycles. The largest absolute Gasteiger partial charge is 0.494 e. The zero-order valence-electron chi connectivity index (χ0n) is 26.3. The van der Waals surface area contributed by atoms with E-state index in [-0.39, 0.29) is 6.10 Å².